The molecule has 15 heavy (non-hydrogen) atoms. The zero-order valence-electron chi connectivity index (χ0n) is 8.85. The zero-order valence-corrected chi connectivity index (χ0v) is 8.85. The lowest BCUT2D eigenvalue weighted by molar-refractivity contribution is 0.285. The van der Waals surface area contributed by atoms with Crippen LogP contribution in [0.3, 0.4) is 0 Å². The van der Waals surface area contributed by atoms with Gasteiger partial charge in [0, 0.05) is 18.2 Å². The van der Waals surface area contributed by atoms with Crippen LogP contribution < -0.4 is 5.32 Å². The van der Waals surface area contributed by atoms with E-state index in [1.165, 1.54) is 19.1 Å². The van der Waals surface area contributed by atoms with Gasteiger partial charge in [-0.1, -0.05) is 0 Å². The number of hydrogen-bond acceptors (Lipinski definition) is 2. The van der Waals surface area contributed by atoms with Crippen molar-refractivity contribution in [1.29, 1.82) is 0 Å². The molecule has 0 aliphatic carbocycles. The highest BCUT2D eigenvalue weighted by Gasteiger charge is 2.12. The van der Waals surface area contributed by atoms with E-state index in [4.69, 9.17) is 5.11 Å². The second-order valence-electron chi connectivity index (χ2n) is 3.52. The van der Waals surface area contributed by atoms with Crippen LogP contribution in [0.1, 0.15) is 24.1 Å². The van der Waals surface area contributed by atoms with Gasteiger partial charge in [0.15, 0.2) is 0 Å². The molecule has 84 valence electrons. The predicted octanol–water partition coefficient (Wildman–Crippen LogP) is 1.92. The van der Waals surface area contributed by atoms with Gasteiger partial charge < -0.3 is 10.4 Å². The molecule has 0 radical (unpaired) electrons. The summed E-state index contributed by atoms with van der Waals surface area (Å²) < 4.78 is 26.6. The lowest BCUT2D eigenvalue weighted by Crippen LogP contribution is -2.23. The Kier molecular flexibility index (Phi) is 4.17. The highest BCUT2D eigenvalue weighted by atomic mass is 19.1. The molecule has 1 unspecified atom stereocenters. The molecule has 0 aromatic heterocycles. The normalized spacial score (nSPS) is 12.9. The van der Waals surface area contributed by atoms with Crippen LogP contribution in [0, 0.1) is 18.6 Å². The van der Waals surface area contributed by atoms with E-state index >= 15 is 0 Å². The molecule has 0 fully saturated rings. The van der Waals surface area contributed by atoms with E-state index in [-0.39, 0.29) is 18.2 Å². The second kappa shape index (κ2) is 5.19. The average Bonchev–Trinajstić information content (AvgIpc) is 2.20. The Morgan fingerprint density at radius 3 is 2.60 bits per heavy atom. The number of aliphatic hydroxyl groups excluding tert-OH is 1. The minimum atomic E-state index is -0.424. The third-order valence-electron chi connectivity index (χ3n) is 2.31. The van der Waals surface area contributed by atoms with Crippen molar-refractivity contribution in [3.05, 3.63) is 34.9 Å². The van der Waals surface area contributed by atoms with Crippen LogP contribution >= 0.6 is 0 Å². The topological polar surface area (TPSA) is 32.3 Å². The Morgan fingerprint density at radius 2 is 2.00 bits per heavy atom. The predicted molar refractivity (Wildman–Crippen MR) is 54.6 cm³/mol. The lowest BCUT2D eigenvalue weighted by Gasteiger charge is -2.14. The molecule has 0 aliphatic heterocycles. The molecule has 2 N–H and O–H groups in total. The molecule has 0 spiro atoms. The van der Waals surface area contributed by atoms with Crippen molar-refractivity contribution in [3.8, 4) is 0 Å². The number of rotatable bonds is 4. The SMILES string of the molecule is Cc1cc(F)c(C(C)NCCO)cc1F. The summed E-state index contributed by atoms with van der Waals surface area (Å²) in [7, 11) is 0. The molecule has 4 heteroatoms. The van der Waals surface area contributed by atoms with Gasteiger partial charge in [0.1, 0.15) is 11.6 Å². The van der Waals surface area contributed by atoms with E-state index in [1.807, 2.05) is 0 Å². The van der Waals surface area contributed by atoms with Crippen molar-refractivity contribution in [2.24, 2.45) is 0 Å². The number of benzene rings is 1. The fraction of sp³-hybridized carbons (Fsp3) is 0.455. The van der Waals surface area contributed by atoms with E-state index in [9.17, 15) is 8.78 Å². The molecule has 1 aromatic carbocycles. The Hall–Kier alpha value is -1.00. The first kappa shape index (κ1) is 12.1. The number of aliphatic hydroxyl groups is 1. The van der Waals surface area contributed by atoms with Crippen molar-refractivity contribution in [3.63, 3.8) is 0 Å². The van der Waals surface area contributed by atoms with E-state index in [0.717, 1.165) is 0 Å². The van der Waals surface area contributed by atoms with E-state index in [2.05, 4.69) is 5.32 Å². The van der Waals surface area contributed by atoms with Gasteiger partial charge in [0.05, 0.1) is 6.61 Å². The van der Waals surface area contributed by atoms with Crippen molar-refractivity contribution < 1.29 is 13.9 Å². The Balaban J connectivity index is 2.88. The van der Waals surface area contributed by atoms with Gasteiger partial charge in [-0.2, -0.15) is 0 Å². The maximum atomic E-state index is 13.4. The van der Waals surface area contributed by atoms with Gasteiger partial charge >= 0.3 is 0 Å². The summed E-state index contributed by atoms with van der Waals surface area (Å²) in [6.07, 6.45) is 0. The fourth-order valence-corrected chi connectivity index (χ4v) is 1.38. The fourth-order valence-electron chi connectivity index (χ4n) is 1.38. The second-order valence-corrected chi connectivity index (χ2v) is 3.52. The Labute approximate surface area is 87.9 Å². The number of halogens is 2. The standard InChI is InChI=1S/C11H15F2NO/c1-7-5-11(13)9(6-10(7)12)8(2)14-3-4-15/h5-6,8,14-15H,3-4H2,1-2H3. The summed E-state index contributed by atoms with van der Waals surface area (Å²) in [4.78, 5) is 0. The minimum absolute atomic E-state index is 0.0275. The molecular formula is C11H15F2NO. The molecule has 1 rings (SSSR count). The summed E-state index contributed by atoms with van der Waals surface area (Å²) in [5.74, 6) is -0.837. The molecule has 0 bridgehead atoms. The van der Waals surface area contributed by atoms with E-state index in [1.54, 1.807) is 6.92 Å². The quantitative estimate of drug-likeness (QED) is 0.804. The van der Waals surface area contributed by atoms with Crippen LogP contribution in [0.2, 0.25) is 0 Å². The summed E-state index contributed by atoms with van der Waals surface area (Å²) in [5.41, 5.74) is 0.581. The van der Waals surface area contributed by atoms with Gasteiger partial charge in [-0.05, 0) is 31.5 Å². The van der Waals surface area contributed by atoms with Gasteiger partial charge in [-0.3, -0.25) is 0 Å². The van der Waals surface area contributed by atoms with Gasteiger partial charge in [0.25, 0.3) is 0 Å². The first-order valence-electron chi connectivity index (χ1n) is 4.86. The third kappa shape index (κ3) is 2.97. The molecule has 2 nitrogen and oxygen atoms in total. The van der Waals surface area contributed by atoms with Crippen LogP contribution in [0.5, 0.6) is 0 Å². The zero-order chi connectivity index (χ0) is 11.4. The first-order chi connectivity index (χ1) is 7.06. The Bertz CT molecular complexity index is 342. The number of hydrogen-bond donors (Lipinski definition) is 2. The molecule has 0 saturated heterocycles. The van der Waals surface area contributed by atoms with Gasteiger partial charge in [-0.25, -0.2) is 8.78 Å². The minimum Gasteiger partial charge on any atom is -0.395 e. The van der Waals surface area contributed by atoms with Crippen molar-refractivity contribution in [2.45, 2.75) is 19.9 Å². The molecular weight excluding hydrogens is 200 g/mol. The molecule has 0 amide bonds. The van der Waals surface area contributed by atoms with Crippen molar-refractivity contribution in [1.82, 2.24) is 5.32 Å². The molecule has 0 saturated carbocycles. The lowest BCUT2D eigenvalue weighted by atomic mass is 10.1. The average molecular weight is 215 g/mol. The highest BCUT2D eigenvalue weighted by Crippen LogP contribution is 2.20. The van der Waals surface area contributed by atoms with Crippen molar-refractivity contribution in [2.75, 3.05) is 13.2 Å². The smallest absolute Gasteiger partial charge is 0.128 e. The maximum absolute atomic E-state index is 13.4. The summed E-state index contributed by atoms with van der Waals surface area (Å²) in [5, 5.41) is 11.5. The van der Waals surface area contributed by atoms with Crippen molar-refractivity contribution >= 4 is 0 Å². The Morgan fingerprint density at radius 1 is 1.33 bits per heavy atom. The maximum Gasteiger partial charge on any atom is 0.128 e. The van der Waals surface area contributed by atoms with E-state index < -0.39 is 11.6 Å². The van der Waals surface area contributed by atoms with Crippen LogP contribution in [0.25, 0.3) is 0 Å². The third-order valence-corrected chi connectivity index (χ3v) is 2.31. The molecule has 0 aliphatic rings. The molecule has 1 atom stereocenters. The summed E-state index contributed by atoms with van der Waals surface area (Å²) in [6, 6.07) is 2.06. The summed E-state index contributed by atoms with van der Waals surface area (Å²) >= 11 is 0. The largest absolute Gasteiger partial charge is 0.395 e. The number of aryl methyl sites for hydroxylation is 1. The van der Waals surface area contributed by atoms with Crippen LogP contribution in [-0.2, 0) is 0 Å². The molecule has 1 aromatic rings. The first-order valence-corrected chi connectivity index (χ1v) is 4.86. The monoisotopic (exact) mass is 215 g/mol. The van der Waals surface area contributed by atoms with Crippen LogP contribution in [0.4, 0.5) is 8.78 Å². The molecule has 0 heterocycles. The highest BCUT2D eigenvalue weighted by molar-refractivity contribution is 5.27. The van der Waals surface area contributed by atoms with Gasteiger partial charge in [0.2, 0.25) is 0 Å². The van der Waals surface area contributed by atoms with Gasteiger partial charge in [-0.15, -0.1) is 0 Å². The van der Waals surface area contributed by atoms with Crippen LogP contribution in [0.15, 0.2) is 12.1 Å². The van der Waals surface area contributed by atoms with Crippen LogP contribution in [-0.4, -0.2) is 18.3 Å². The van der Waals surface area contributed by atoms with E-state index in [0.29, 0.717) is 12.1 Å². The summed E-state index contributed by atoms with van der Waals surface area (Å²) in [6.45, 7) is 3.58. The number of nitrogens with one attached hydrogen (secondary N) is 1.